The van der Waals surface area contributed by atoms with Crippen LogP contribution in [-0.2, 0) is 0 Å². The van der Waals surface area contributed by atoms with Crippen molar-refractivity contribution in [1.82, 2.24) is 5.32 Å². The first-order chi connectivity index (χ1) is 4.84. The van der Waals surface area contributed by atoms with Gasteiger partial charge in [0.15, 0.2) is 6.19 Å². The van der Waals surface area contributed by atoms with E-state index in [0.717, 1.165) is 25.7 Å². The molecule has 2 N–H and O–H groups in total. The monoisotopic (exact) mass is 140 g/mol. The van der Waals surface area contributed by atoms with E-state index in [1.165, 1.54) is 0 Å². The van der Waals surface area contributed by atoms with Gasteiger partial charge in [-0.25, -0.2) is 0 Å². The lowest BCUT2D eigenvalue weighted by molar-refractivity contribution is 0.0983. The van der Waals surface area contributed by atoms with Crippen LogP contribution in [0.15, 0.2) is 0 Å². The maximum Gasteiger partial charge on any atom is 0.176 e. The summed E-state index contributed by atoms with van der Waals surface area (Å²) in [7, 11) is 0. The van der Waals surface area contributed by atoms with Gasteiger partial charge in [0.1, 0.15) is 0 Å². The van der Waals surface area contributed by atoms with E-state index in [4.69, 9.17) is 5.26 Å². The Bertz CT molecular complexity index is 141. The first-order valence-corrected chi connectivity index (χ1v) is 3.67. The first kappa shape index (κ1) is 7.36. The zero-order chi connectivity index (χ0) is 7.40. The van der Waals surface area contributed by atoms with E-state index in [1.54, 1.807) is 0 Å². The highest BCUT2D eigenvalue weighted by molar-refractivity contribution is 4.85. The fourth-order valence-electron chi connectivity index (χ4n) is 1.36. The molecule has 0 spiro atoms. The van der Waals surface area contributed by atoms with Crippen LogP contribution in [0, 0.1) is 11.5 Å². The topological polar surface area (TPSA) is 56.0 Å². The predicted molar refractivity (Wildman–Crippen MR) is 37.0 cm³/mol. The average molecular weight is 140 g/mol. The fourth-order valence-corrected chi connectivity index (χ4v) is 1.36. The van der Waals surface area contributed by atoms with Crippen molar-refractivity contribution in [3.05, 3.63) is 0 Å². The van der Waals surface area contributed by atoms with Crippen LogP contribution in [0.25, 0.3) is 0 Å². The maximum atomic E-state index is 9.29. The van der Waals surface area contributed by atoms with Gasteiger partial charge < -0.3 is 10.4 Å². The van der Waals surface area contributed by atoms with Crippen molar-refractivity contribution in [3.63, 3.8) is 0 Å². The van der Waals surface area contributed by atoms with E-state index in [1.807, 2.05) is 6.19 Å². The van der Waals surface area contributed by atoms with E-state index < -0.39 is 0 Å². The summed E-state index contributed by atoms with van der Waals surface area (Å²) >= 11 is 0. The van der Waals surface area contributed by atoms with Crippen LogP contribution in [0.1, 0.15) is 25.7 Å². The molecule has 1 rings (SSSR count). The number of nitrogens with one attached hydrogen (secondary N) is 1. The molecule has 0 amide bonds. The van der Waals surface area contributed by atoms with E-state index in [9.17, 15) is 5.11 Å². The Morgan fingerprint density at radius 1 is 1.40 bits per heavy atom. The molecule has 1 saturated carbocycles. The Labute approximate surface area is 60.7 Å². The summed E-state index contributed by atoms with van der Waals surface area (Å²) in [5, 5.41) is 20.1. The van der Waals surface area contributed by atoms with Crippen LogP contribution in [0.2, 0.25) is 0 Å². The lowest BCUT2D eigenvalue weighted by atomic mass is 9.93. The third kappa shape index (κ3) is 1.61. The van der Waals surface area contributed by atoms with Crippen molar-refractivity contribution in [2.24, 2.45) is 0 Å². The SMILES string of the molecule is N#CNC1CCCCC1O. The second kappa shape index (κ2) is 3.43. The fraction of sp³-hybridized carbons (Fsp3) is 0.857. The molecule has 2 unspecified atom stereocenters. The normalized spacial score (nSPS) is 32.8. The maximum absolute atomic E-state index is 9.29. The Morgan fingerprint density at radius 3 is 2.70 bits per heavy atom. The van der Waals surface area contributed by atoms with Crippen LogP contribution >= 0.6 is 0 Å². The molecule has 3 heteroatoms. The summed E-state index contributed by atoms with van der Waals surface area (Å²) in [5.74, 6) is 0. The molecule has 1 aliphatic rings. The zero-order valence-corrected chi connectivity index (χ0v) is 5.88. The number of hydrogen-bond acceptors (Lipinski definition) is 3. The molecule has 2 atom stereocenters. The molecular formula is C7H12N2O. The van der Waals surface area contributed by atoms with Crippen molar-refractivity contribution in [2.45, 2.75) is 37.8 Å². The van der Waals surface area contributed by atoms with E-state index in [0.29, 0.717) is 0 Å². The van der Waals surface area contributed by atoms with Crippen molar-refractivity contribution in [2.75, 3.05) is 0 Å². The summed E-state index contributed by atoms with van der Waals surface area (Å²) in [6.07, 6.45) is 5.51. The third-order valence-electron chi connectivity index (χ3n) is 1.98. The Morgan fingerprint density at radius 2 is 2.10 bits per heavy atom. The minimum atomic E-state index is -0.312. The van der Waals surface area contributed by atoms with E-state index in [2.05, 4.69) is 5.32 Å². The summed E-state index contributed by atoms with van der Waals surface area (Å²) in [6.45, 7) is 0. The molecule has 0 saturated heterocycles. The van der Waals surface area contributed by atoms with Crippen molar-refractivity contribution in [3.8, 4) is 6.19 Å². The number of hydrogen-bond donors (Lipinski definition) is 2. The van der Waals surface area contributed by atoms with Crippen molar-refractivity contribution in [1.29, 1.82) is 5.26 Å². The quantitative estimate of drug-likeness (QED) is 0.408. The molecular weight excluding hydrogens is 128 g/mol. The van der Waals surface area contributed by atoms with Gasteiger partial charge in [0.05, 0.1) is 12.1 Å². The highest BCUT2D eigenvalue weighted by Gasteiger charge is 2.21. The van der Waals surface area contributed by atoms with Gasteiger partial charge >= 0.3 is 0 Å². The average Bonchev–Trinajstić information content (AvgIpc) is 1.94. The third-order valence-corrected chi connectivity index (χ3v) is 1.98. The van der Waals surface area contributed by atoms with Crippen LogP contribution in [-0.4, -0.2) is 17.3 Å². The van der Waals surface area contributed by atoms with Gasteiger partial charge in [0.25, 0.3) is 0 Å². The van der Waals surface area contributed by atoms with Crippen molar-refractivity contribution >= 4 is 0 Å². The number of rotatable bonds is 1. The van der Waals surface area contributed by atoms with Gasteiger partial charge in [0.2, 0.25) is 0 Å². The van der Waals surface area contributed by atoms with Crippen LogP contribution in [0.5, 0.6) is 0 Å². The first-order valence-electron chi connectivity index (χ1n) is 3.67. The molecule has 3 nitrogen and oxygen atoms in total. The molecule has 1 fully saturated rings. The van der Waals surface area contributed by atoms with Gasteiger partial charge in [-0.15, -0.1) is 0 Å². The van der Waals surface area contributed by atoms with Crippen LogP contribution in [0.4, 0.5) is 0 Å². The molecule has 0 aromatic heterocycles. The van der Waals surface area contributed by atoms with E-state index in [-0.39, 0.29) is 12.1 Å². The molecule has 0 bridgehead atoms. The number of nitrogens with zero attached hydrogens (tertiary/aromatic N) is 1. The number of nitriles is 1. The minimum absolute atomic E-state index is 0.0127. The van der Waals surface area contributed by atoms with Crippen LogP contribution in [0.3, 0.4) is 0 Å². The number of aliphatic hydroxyl groups excluding tert-OH is 1. The summed E-state index contributed by atoms with van der Waals surface area (Å²) in [4.78, 5) is 0. The van der Waals surface area contributed by atoms with Gasteiger partial charge in [0, 0.05) is 0 Å². The van der Waals surface area contributed by atoms with Crippen LogP contribution < -0.4 is 5.32 Å². The molecule has 56 valence electrons. The number of aliphatic hydroxyl groups is 1. The second-order valence-electron chi connectivity index (χ2n) is 2.71. The minimum Gasteiger partial charge on any atom is -0.391 e. The molecule has 0 aliphatic heterocycles. The van der Waals surface area contributed by atoms with Gasteiger partial charge in [-0.3, -0.25) is 0 Å². The summed E-state index contributed by atoms with van der Waals surface area (Å²) in [5.41, 5.74) is 0. The summed E-state index contributed by atoms with van der Waals surface area (Å²) in [6, 6.07) is 0.0127. The molecule has 0 radical (unpaired) electrons. The van der Waals surface area contributed by atoms with Crippen molar-refractivity contribution < 1.29 is 5.11 Å². The summed E-state index contributed by atoms with van der Waals surface area (Å²) < 4.78 is 0. The molecule has 1 aliphatic carbocycles. The highest BCUT2D eigenvalue weighted by Crippen LogP contribution is 2.17. The molecule has 10 heavy (non-hydrogen) atoms. The van der Waals surface area contributed by atoms with Gasteiger partial charge in [-0.05, 0) is 12.8 Å². The van der Waals surface area contributed by atoms with Gasteiger partial charge in [-0.1, -0.05) is 12.8 Å². The molecule has 0 aromatic carbocycles. The standard InChI is InChI=1S/C7H12N2O/c8-5-9-6-3-1-2-4-7(6)10/h6-7,9-10H,1-4H2. The Balaban J connectivity index is 2.34. The highest BCUT2D eigenvalue weighted by atomic mass is 16.3. The Hall–Kier alpha value is -0.750. The largest absolute Gasteiger partial charge is 0.391 e. The molecule has 0 aromatic rings. The molecule has 0 heterocycles. The lowest BCUT2D eigenvalue weighted by Gasteiger charge is -2.25. The smallest absolute Gasteiger partial charge is 0.176 e. The Kier molecular flexibility index (Phi) is 2.52. The second-order valence-corrected chi connectivity index (χ2v) is 2.71. The lowest BCUT2D eigenvalue weighted by Crippen LogP contribution is -2.39. The van der Waals surface area contributed by atoms with E-state index >= 15 is 0 Å². The van der Waals surface area contributed by atoms with Gasteiger partial charge in [-0.2, -0.15) is 5.26 Å². The predicted octanol–water partition coefficient (Wildman–Crippen LogP) is 0.361. The zero-order valence-electron chi connectivity index (χ0n) is 5.88.